The third-order valence-corrected chi connectivity index (χ3v) is 4.32. The van der Waals surface area contributed by atoms with E-state index in [0.29, 0.717) is 28.2 Å². The Morgan fingerprint density at radius 2 is 1.70 bits per heavy atom. The summed E-state index contributed by atoms with van der Waals surface area (Å²) < 4.78 is 10.5. The van der Waals surface area contributed by atoms with Crippen LogP contribution in [0.5, 0.6) is 11.5 Å². The minimum atomic E-state index is -0.208. The fourth-order valence-corrected chi connectivity index (χ4v) is 2.76. The molecule has 3 rings (SSSR count). The molecule has 0 bridgehead atoms. The van der Waals surface area contributed by atoms with Crippen molar-refractivity contribution < 1.29 is 9.47 Å². The average Bonchev–Trinajstić information content (AvgIpc) is 2.60. The van der Waals surface area contributed by atoms with Gasteiger partial charge >= 0.3 is 0 Å². The summed E-state index contributed by atoms with van der Waals surface area (Å²) in [6, 6.07) is 11.2. The Kier molecular flexibility index (Phi) is 4.25. The van der Waals surface area contributed by atoms with Crippen LogP contribution in [0.1, 0.15) is 0 Å². The molecule has 3 aromatic rings. The van der Waals surface area contributed by atoms with Gasteiger partial charge in [-0.1, -0.05) is 12.1 Å². The van der Waals surface area contributed by atoms with Crippen molar-refractivity contribution in [1.29, 1.82) is 0 Å². The zero-order valence-corrected chi connectivity index (χ0v) is 13.9. The van der Waals surface area contributed by atoms with E-state index in [1.54, 1.807) is 31.0 Å². The fourth-order valence-electron chi connectivity index (χ4n) is 2.35. The number of nitrogens with zero attached hydrogens (tertiary/aromatic N) is 1. The number of ether oxygens (including phenoxy) is 2. The summed E-state index contributed by atoms with van der Waals surface area (Å²) in [7, 11) is 3.09. The Hall–Kier alpha value is -2.47. The van der Waals surface area contributed by atoms with Crippen LogP contribution in [-0.2, 0) is 0 Å². The summed E-state index contributed by atoms with van der Waals surface area (Å²) in [5.41, 5.74) is 1.21. The highest BCUT2D eigenvalue weighted by molar-refractivity contribution is 7.98. The normalized spacial score (nSPS) is 10.7. The lowest BCUT2D eigenvalue weighted by molar-refractivity contribution is 0.355. The Morgan fingerprint density at radius 3 is 2.30 bits per heavy atom. The Labute approximate surface area is 137 Å². The molecule has 0 atom stereocenters. The quantitative estimate of drug-likeness (QED) is 0.744. The highest BCUT2D eigenvalue weighted by atomic mass is 32.2. The van der Waals surface area contributed by atoms with Gasteiger partial charge in [-0.3, -0.25) is 4.79 Å². The molecule has 0 amide bonds. The SMILES string of the molecule is COc1cc2nc(-c3ccc(SC)cc3)[nH]c(=O)c2cc1OC. The Balaban J connectivity index is 2.18. The number of H-pyrrole nitrogens is 1. The van der Waals surface area contributed by atoms with Crippen molar-refractivity contribution in [3.8, 4) is 22.9 Å². The second-order valence-corrected chi connectivity index (χ2v) is 5.75. The number of fused-ring (bicyclic) bond motifs is 1. The predicted molar refractivity (Wildman–Crippen MR) is 92.7 cm³/mol. The van der Waals surface area contributed by atoms with E-state index in [9.17, 15) is 4.79 Å². The maximum Gasteiger partial charge on any atom is 0.259 e. The molecule has 0 saturated heterocycles. The number of nitrogens with one attached hydrogen (secondary N) is 1. The number of aromatic nitrogens is 2. The first-order chi connectivity index (χ1) is 11.2. The number of hydrogen-bond donors (Lipinski definition) is 1. The van der Waals surface area contributed by atoms with Crippen molar-refractivity contribution in [2.75, 3.05) is 20.5 Å². The molecule has 0 aliphatic rings. The monoisotopic (exact) mass is 328 g/mol. The first-order valence-corrected chi connectivity index (χ1v) is 8.19. The molecular formula is C17H16N2O3S. The predicted octanol–water partition coefficient (Wildman–Crippen LogP) is 3.33. The van der Waals surface area contributed by atoms with E-state index < -0.39 is 0 Å². The van der Waals surface area contributed by atoms with Crippen LogP contribution >= 0.6 is 11.8 Å². The van der Waals surface area contributed by atoms with Crippen LogP contribution < -0.4 is 15.0 Å². The molecule has 0 radical (unpaired) electrons. The molecule has 0 fully saturated rings. The summed E-state index contributed by atoms with van der Waals surface area (Å²) in [4.78, 5) is 20.9. The molecule has 0 aliphatic heterocycles. The van der Waals surface area contributed by atoms with Crippen molar-refractivity contribution in [2.45, 2.75) is 4.90 Å². The molecular weight excluding hydrogens is 312 g/mol. The first-order valence-electron chi connectivity index (χ1n) is 6.96. The van der Waals surface area contributed by atoms with Crippen molar-refractivity contribution in [1.82, 2.24) is 9.97 Å². The van der Waals surface area contributed by atoms with E-state index in [1.807, 2.05) is 30.5 Å². The second kappa shape index (κ2) is 6.34. The van der Waals surface area contributed by atoms with Crippen LogP contribution in [0.15, 0.2) is 46.1 Å². The smallest absolute Gasteiger partial charge is 0.259 e. The van der Waals surface area contributed by atoms with Gasteiger partial charge in [0, 0.05) is 16.5 Å². The maximum absolute atomic E-state index is 12.4. The standard InChI is InChI=1S/C17H16N2O3S/c1-21-14-8-12-13(9-15(14)22-2)18-16(19-17(12)20)10-4-6-11(23-3)7-5-10/h4-9H,1-3H3,(H,18,19,20). The molecule has 6 heteroatoms. The minimum Gasteiger partial charge on any atom is -0.493 e. The fraction of sp³-hybridized carbons (Fsp3) is 0.176. The van der Waals surface area contributed by atoms with Crippen molar-refractivity contribution in [3.63, 3.8) is 0 Å². The molecule has 0 unspecified atom stereocenters. The lowest BCUT2D eigenvalue weighted by atomic mass is 10.2. The van der Waals surface area contributed by atoms with Crippen LogP contribution in [0.2, 0.25) is 0 Å². The number of benzene rings is 2. The summed E-state index contributed by atoms with van der Waals surface area (Å²) in [5.74, 6) is 1.58. The molecule has 1 N–H and O–H groups in total. The van der Waals surface area contributed by atoms with Gasteiger partial charge in [0.15, 0.2) is 11.5 Å². The molecule has 1 aromatic heterocycles. The van der Waals surface area contributed by atoms with Gasteiger partial charge in [-0.15, -0.1) is 11.8 Å². The summed E-state index contributed by atoms with van der Waals surface area (Å²) in [5, 5.41) is 0.465. The number of thioether (sulfide) groups is 1. The van der Waals surface area contributed by atoms with Crippen molar-refractivity contribution in [3.05, 3.63) is 46.8 Å². The van der Waals surface area contributed by atoms with Crippen molar-refractivity contribution >= 4 is 22.7 Å². The van der Waals surface area contributed by atoms with E-state index in [1.165, 1.54) is 7.11 Å². The van der Waals surface area contributed by atoms with E-state index in [4.69, 9.17) is 9.47 Å². The van der Waals surface area contributed by atoms with Crippen LogP contribution in [-0.4, -0.2) is 30.4 Å². The van der Waals surface area contributed by atoms with Gasteiger partial charge < -0.3 is 14.5 Å². The third-order valence-electron chi connectivity index (χ3n) is 3.57. The number of rotatable bonds is 4. The Morgan fingerprint density at radius 1 is 1.04 bits per heavy atom. The van der Waals surface area contributed by atoms with E-state index in [-0.39, 0.29) is 5.56 Å². The van der Waals surface area contributed by atoms with Crippen molar-refractivity contribution in [2.24, 2.45) is 0 Å². The van der Waals surface area contributed by atoms with E-state index in [0.717, 1.165) is 10.5 Å². The summed E-state index contributed by atoms with van der Waals surface area (Å²) in [6.45, 7) is 0. The molecule has 118 valence electrons. The van der Waals surface area contributed by atoms with Crippen LogP contribution in [0, 0.1) is 0 Å². The van der Waals surface area contributed by atoms with Gasteiger partial charge in [0.25, 0.3) is 5.56 Å². The third kappa shape index (κ3) is 2.90. The summed E-state index contributed by atoms with van der Waals surface area (Å²) >= 11 is 1.66. The highest BCUT2D eigenvalue weighted by Gasteiger charge is 2.11. The molecule has 5 nitrogen and oxygen atoms in total. The van der Waals surface area contributed by atoms with Gasteiger partial charge in [-0.25, -0.2) is 4.98 Å². The second-order valence-electron chi connectivity index (χ2n) is 4.87. The molecule has 0 spiro atoms. The largest absolute Gasteiger partial charge is 0.493 e. The van der Waals surface area contributed by atoms with Gasteiger partial charge in [-0.05, 0) is 24.5 Å². The zero-order valence-electron chi connectivity index (χ0n) is 13.0. The van der Waals surface area contributed by atoms with E-state index >= 15 is 0 Å². The molecule has 2 aromatic carbocycles. The highest BCUT2D eigenvalue weighted by Crippen LogP contribution is 2.30. The lowest BCUT2D eigenvalue weighted by Crippen LogP contribution is -2.10. The molecule has 0 saturated carbocycles. The van der Waals surface area contributed by atoms with Gasteiger partial charge in [0.05, 0.1) is 25.1 Å². The van der Waals surface area contributed by atoms with Gasteiger partial charge in [0.1, 0.15) is 5.82 Å². The first kappa shape index (κ1) is 15.4. The topological polar surface area (TPSA) is 64.2 Å². The molecule has 23 heavy (non-hydrogen) atoms. The van der Waals surface area contributed by atoms with Gasteiger partial charge in [0.2, 0.25) is 0 Å². The molecule has 1 heterocycles. The van der Waals surface area contributed by atoms with Crippen LogP contribution in [0.25, 0.3) is 22.3 Å². The summed E-state index contributed by atoms with van der Waals surface area (Å²) in [6.07, 6.45) is 2.02. The van der Waals surface area contributed by atoms with Crippen LogP contribution in [0.4, 0.5) is 0 Å². The Bertz CT molecular complexity index is 904. The number of methoxy groups -OCH3 is 2. The van der Waals surface area contributed by atoms with E-state index in [2.05, 4.69) is 9.97 Å². The van der Waals surface area contributed by atoms with Crippen LogP contribution in [0.3, 0.4) is 0 Å². The lowest BCUT2D eigenvalue weighted by Gasteiger charge is -2.09. The molecule has 0 aliphatic carbocycles. The van der Waals surface area contributed by atoms with Gasteiger partial charge in [-0.2, -0.15) is 0 Å². The zero-order chi connectivity index (χ0) is 16.4. The number of hydrogen-bond acceptors (Lipinski definition) is 5. The number of aromatic amines is 1. The maximum atomic E-state index is 12.4. The average molecular weight is 328 g/mol. The minimum absolute atomic E-state index is 0.208.